The molecular weight excluding hydrogens is 310 g/mol. The molecule has 0 spiro atoms. The number of para-hydroxylation sites is 1. The van der Waals surface area contributed by atoms with Crippen molar-refractivity contribution >= 4 is 17.5 Å². The van der Waals surface area contributed by atoms with Crippen LogP contribution in [0.4, 0.5) is 17.5 Å². The van der Waals surface area contributed by atoms with Gasteiger partial charge in [0.05, 0.1) is 0 Å². The third-order valence-corrected chi connectivity index (χ3v) is 4.10. The first-order valence-electron chi connectivity index (χ1n) is 8.97. The first-order valence-corrected chi connectivity index (χ1v) is 8.97. The van der Waals surface area contributed by atoms with Crippen molar-refractivity contribution in [1.82, 2.24) is 14.9 Å². The Bertz CT molecular complexity index is 694. The van der Waals surface area contributed by atoms with Crippen LogP contribution in [-0.4, -0.2) is 42.1 Å². The highest BCUT2D eigenvalue weighted by molar-refractivity contribution is 5.66. The van der Waals surface area contributed by atoms with E-state index in [2.05, 4.69) is 78.6 Å². The van der Waals surface area contributed by atoms with Crippen LogP contribution in [0.2, 0.25) is 0 Å². The van der Waals surface area contributed by atoms with Crippen molar-refractivity contribution in [3.8, 4) is 0 Å². The Hall–Kier alpha value is -2.14. The maximum Gasteiger partial charge on any atom is 0.224 e. The SMILES string of the molecule is Cc1cc(Nc2c(C)cccc2C(C)C)nc(NCCCN(C)C)n1. The Morgan fingerprint density at radius 2 is 1.88 bits per heavy atom. The summed E-state index contributed by atoms with van der Waals surface area (Å²) in [5.74, 6) is 1.97. The zero-order valence-corrected chi connectivity index (χ0v) is 16.3. The van der Waals surface area contributed by atoms with Gasteiger partial charge in [0.25, 0.3) is 0 Å². The zero-order valence-electron chi connectivity index (χ0n) is 16.3. The minimum absolute atomic E-state index is 0.453. The second kappa shape index (κ2) is 8.81. The van der Waals surface area contributed by atoms with E-state index in [0.717, 1.165) is 36.7 Å². The highest BCUT2D eigenvalue weighted by atomic mass is 15.1. The summed E-state index contributed by atoms with van der Waals surface area (Å²) in [7, 11) is 4.17. The molecule has 5 nitrogen and oxygen atoms in total. The second-order valence-corrected chi connectivity index (χ2v) is 7.12. The Labute approximate surface area is 151 Å². The molecule has 1 aromatic carbocycles. The molecule has 2 aromatic rings. The van der Waals surface area contributed by atoms with Crippen molar-refractivity contribution < 1.29 is 0 Å². The Kier molecular flexibility index (Phi) is 6.76. The number of anilines is 3. The number of hydrogen-bond acceptors (Lipinski definition) is 5. The van der Waals surface area contributed by atoms with E-state index in [0.29, 0.717) is 11.9 Å². The van der Waals surface area contributed by atoms with Crippen molar-refractivity contribution in [2.45, 2.75) is 40.0 Å². The summed E-state index contributed by atoms with van der Waals surface area (Å²) >= 11 is 0. The van der Waals surface area contributed by atoms with Gasteiger partial charge in [-0.3, -0.25) is 0 Å². The van der Waals surface area contributed by atoms with Crippen LogP contribution in [0.5, 0.6) is 0 Å². The number of aryl methyl sites for hydroxylation is 2. The van der Waals surface area contributed by atoms with E-state index < -0.39 is 0 Å². The van der Waals surface area contributed by atoms with Crippen LogP contribution in [0, 0.1) is 13.8 Å². The van der Waals surface area contributed by atoms with E-state index in [-0.39, 0.29) is 0 Å². The largest absolute Gasteiger partial charge is 0.354 e. The van der Waals surface area contributed by atoms with E-state index in [1.807, 2.05) is 13.0 Å². The molecule has 0 saturated heterocycles. The zero-order chi connectivity index (χ0) is 18.4. The molecule has 2 rings (SSSR count). The maximum absolute atomic E-state index is 4.64. The van der Waals surface area contributed by atoms with Gasteiger partial charge in [-0.2, -0.15) is 4.98 Å². The summed E-state index contributed by atoms with van der Waals surface area (Å²) in [6.07, 6.45) is 1.06. The quantitative estimate of drug-likeness (QED) is 0.700. The van der Waals surface area contributed by atoms with Crippen LogP contribution >= 0.6 is 0 Å². The number of hydrogen-bond donors (Lipinski definition) is 2. The standard InChI is InChI=1S/C20H31N5/c1-14(2)17-10-7-9-15(3)19(17)23-18-13-16(4)22-20(24-18)21-11-8-12-25(5)6/h7,9-10,13-14H,8,11-12H2,1-6H3,(H2,21,22,23,24). The molecule has 0 unspecified atom stereocenters. The molecule has 1 aromatic heterocycles. The Balaban J connectivity index is 2.15. The van der Waals surface area contributed by atoms with Crippen LogP contribution < -0.4 is 10.6 Å². The van der Waals surface area contributed by atoms with Crippen molar-refractivity contribution in [3.63, 3.8) is 0 Å². The Morgan fingerprint density at radius 1 is 1.12 bits per heavy atom. The van der Waals surface area contributed by atoms with Gasteiger partial charge in [0, 0.05) is 24.0 Å². The fourth-order valence-electron chi connectivity index (χ4n) is 2.78. The molecule has 0 fully saturated rings. The van der Waals surface area contributed by atoms with E-state index in [4.69, 9.17) is 0 Å². The smallest absolute Gasteiger partial charge is 0.224 e. The van der Waals surface area contributed by atoms with E-state index in [1.165, 1.54) is 11.1 Å². The summed E-state index contributed by atoms with van der Waals surface area (Å²) in [6, 6.07) is 8.40. The molecule has 25 heavy (non-hydrogen) atoms. The van der Waals surface area contributed by atoms with Gasteiger partial charge in [-0.15, -0.1) is 0 Å². The molecule has 1 heterocycles. The first-order chi connectivity index (χ1) is 11.9. The van der Waals surface area contributed by atoms with Gasteiger partial charge in [0.15, 0.2) is 0 Å². The molecular formula is C20H31N5. The van der Waals surface area contributed by atoms with Gasteiger partial charge < -0.3 is 15.5 Å². The second-order valence-electron chi connectivity index (χ2n) is 7.12. The predicted octanol–water partition coefficient (Wildman–Crippen LogP) is 4.32. The lowest BCUT2D eigenvalue weighted by molar-refractivity contribution is 0.405. The molecule has 0 atom stereocenters. The lowest BCUT2D eigenvalue weighted by Crippen LogP contribution is -2.17. The van der Waals surface area contributed by atoms with Crippen LogP contribution in [0.25, 0.3) is 0 Å². The third-order valence-electron chi connectivity index (χ3n) is 4.10. The predicted molar refractivity (Wildman–Crippen MR) is 107 cm³/mol. The summed E-state index contributed by atoms with van der Waals surface area (Å²) in [6.45, 7) is 10.5. The summed E-state index contributed by atoms with van der Waals surface area (Å²) in [5, 5.41) is 6.84. The molecule has 136 valence electrons. The average Bonchev–Trinajstić information content (AvgIpc) is 2.52. The van der Waals surface area contributed by atoms with Crippen LogP contribution in [0.15, 0.2) is 24.3 Å². The number of aromatic nitrogens is 2. The summed E-state index contributed by atoms with van der Waals surface area (Å²) in [4.78, 5) is 11.3. The topological polar surface area (TPSA) is 53.1 Å². The molecule has 0 radical (unpaired) electrons. The summed E-state index contributed by atoms with van der Waals surface area (Å²) in [5.41, 5.74) is 4.63. The van der Waals surface area contributed by atoms with Crippen LogP contribution in [-0.2, 0) is 0 Å². The van der Waals surface area contributed by atoms with Gasteiger partial charge in [-0.05, 0) is 58.0 Å². The fraction of sp³-hybridized carbons (Fsp3) is 0.500. The number of nitrogens with zero attached hydrogens (tertiary/aromatic N) is 3. The van der Waals surface area contributed by atoms with E-state index in [1.54, 1.807) is 0 Å². The van der Waals surface area contributed by atoms with Crippen molar-refractivity contribution in [3.05, 3.63) is 41.1 Å². The van der Waals surface area contributed by atoms with Crippen LogP contribution in [0.3, 0.4) is 0 Å². The molecule has 0 aliphatic rings. The highest BCUT2D eigenvalue weighted by Gasteiger charge is 2.11. The average molecular weight is 342 g/mol. The maximum atomic E-state index is 4.64. The highest BCUT2D eigenvalue weighted by Crippen LogP contribution is 2.30. The van der Waals surface area contributed by atoms with Gasteiger partial charge in [-0.25, -0.2) is 4.98 Å². The summed E-state index contributed by atoms with van der Waals surface area (Å²) < 4.78 is 0. The van der Waals surface area contributed by atoms with E-state index in [9.17, 15) is 0 Å². The van der Waals surface area contributed by atoms with Crippen molar-refractivity contribution in [2.24, 2.45) is 0 Å². The third kappa shape index (κ3) is 5.71. The normalized spacial score (nSPS) is 11.2. The molecule has 0 bridgehead atoms. The first kappa shape index (κ1) is 19.2. The fourth-order valence-corrected chi connectivity index (χ4v) is 2.78. The molecule has 0 amide bonds. The minimum atomic E-state index is 0.453. The lowest BCUT2D eigenvalue weighted by Gasteiger charge is -2.17. The van der Waals surface area contributed by atoms with Gasteiger partial charge in [0.2, 0.25) is 5.95 Å². The Morgan fingerprint density at radius 3 is 2.56 bits per heavy atom. The van der Waals surface area contributed by atoms with Crippen molar-refractivity contribution in [1.29, 1.82) is 0 Å². The molecule has 0 saturated carbocycles. The van der Waals surface area contributed by atoms with E-state index >= 15 is 0 Å². The molecule has 0 aliphatic heterocycles. The molecule has 2 N–H and O–H groups in total. The lowest BCUT2D eigenvalue weighted by atomic mass is 9.98. The number of rotatable bonds is 8. The monoisotopic (exact) mass is 341 g/mol. The number of nitrogens with one attached hydrogen (secondary N) is 2. The molecule has 0 aliphatic carbocycles. The minimum Gasteiger partial charge on any atom is -0.354 e. The number of benzene rings is 1. The van der Waals surface area contributed by atoms with Gasteiger partial charge >= 0.3 is 0 Å². The van der Waals surface area contributed by atoms with Crippen LogP contribution in [0.1, 0.15) is 43.0 Å². The molecule has 5 heteroatoms. The van der Waals surface area contributed by atoms with Crippen molar-refractivity contribution in [2.75, 3.05) is 37.8 Å². The van der Waals surface area contributed by atoms with Gasteiger partial charge in [0.1, 0.15) is 5.82 Å². The van der Waals surface area contributed by atoms with Gasteiger partial charge in [-0.1, -0.05) is 32.0 Å².